The molecule has 1 rings (SSSR count). The van der Waals surface area contributed by atoms with Gasteiger partial charge in [0.15, 0.2) is 11.6 Å². The zero-order chi connectivity index (χ0) is 10.6. The van der Waals surface area contributed by atoms with E-state index in [2.05, 4.69) is 10.3 Å². The van der Waals surface area contributed by atoms with Crippen molar-refractivity contribution < 1.29 is 14.0 Å². The molecule has 0 aromatic heterocycles. The van der Waals surface area contributed by atoms with Crippen molar-refractivity contribution in [1.29, 1.82) is 0 Å². The van der Waals surface area contributed by atoms with Gasteiger partial charge >= 0.3 is 0 Å². The maximum absolute atomic E-state index is 13.5. The maximum atomic E-state index is 13.5. The Morgan fingerprint density at radius 3 is 2.71 bits per heavy atom. The van der Waals surface area contributed by atoms with Gasteiger partial charge in [-0.15, -0.1) is 0 Å². The van der Waals surface area contributed by atoms with Gasteiger partial charge in [-0.1, -0.05) is 11.6 Å². The van der Waals surface area contributed by atoms with E-state index in [0.717, 1.165) is 0 Å². The molecule has 0 heterocycles. The molecule has 0 aliphatic rings. The van der Waals surface area contributed by atoms with Crippen molar-refractivity contribution in [1.82, 2.24) is 5.48 Å². The Balaban J connectivity index is 2.96. The average Bonchev–Trinajstić information content (AvgIpc) is 2.18. The summed E-state index contributed by atoms with van der Waals surface area (Å²) < 4.78 is 18.3. The molecule has 0 amide bonds. The van der Waals surface area contributed by atoms with Crippen LogP contribution in [0.3, 0.4) is 0 Å². The summed E-state index contributed by atoms with van der Waals surface area (Å²) in [7, 11) is 2.85. The van der Waals surface area contributed by atoms with E-state index >= 15 is 0 Å². The molecule has 1 N–H and O–H groups in total. The Morgan fingerprint density at radius 1 is 1.43 bits per heavy atom. The molecule has 0 bridgehead atoms. The molecule has 0 saturated carbocycles. The van der Waals surface area contributed by atoms with Crippen LogP contribution in [0, 0.1) is 5.82 Å². The number of methoxy groups -OCH3 is 1. The SMILES string of the molecule is CONCc1cc(Cl)cc(OC)c1F. The molecule has 14 heavy (non-hydrogen) atoms. The molecule has 5 heteroatoms. The average molecular weight is 220 g/mol. The lowest BCUT2D eigenvalue weighted by Gasteiger charge is -2.08. The molecule has 0 unspecified atom stereocenters. The van der Waals surface area contributed by atoms with Crippen molar-refractivity contribution >= 4 is 11.6 Å². The van der Waals surface area contributed by atoms with Crippen molar-refractivity contribution in [2.24, 2.45) is 0 Å². The summed E-state index contributed by atoms with van der Waals surface area (Å²) in [5.41, 5.74) is 2.93. The fourth-order valence-corrected chi connectivity index (χ4v) is 1.28. The zero-order valence-electron chi connectivity index (χ0n) is 7.93. The van der Waals surface area contributed by atoms with Gasteiger partial charge in [-0.2, -0.15) is 5.48 Å². The molecule has 0 spiro atoms. The van der Waals surface area contributed by atoms with Gasteiger partial charge in [0, 0.05) is 23.2 Å². The molecule has 78 valence electrons. The van der Waals surface area contributed by atoms with Crippen LogP contribution in [0.2, 0.25) is 5.02 Å². The second-order valence-corrected chi connectivity index (χ2v) is 3.04. The van der Waals surface area contributed by atoms with Gasteiger partial charge in [-0.05, 0) is 6.07 Å². The summed E-state index contributed by atoms with van der Waals surface area (Å²) in [5.74, 6) is -0.299. The van der Waals surface area contributed by atoms with E-state index in [1.54, 1.807) is 0 Å². The van der Waals surface area contributed by atoms with Crippen LogP contribution in [0.25, 0.3) is 0 Å². The minimum atomic E-state index is -0.429. The minimum Gasteiger partial charge on any atom is -0.494 e. The Kier molecular flexibility index (Phi) is 4.13. The molecule has 3 nitrogen and oxygen atoms in total. The van der Waals surface area contributed by atoms with Gasteiger partial charge < -0.3 is 9.57 Å². The molecular weight excluding hydrogens is 209 g/mol. The van der Waals surface area contributed by atoms with Crippen molar-refractivity contribution in [3.05, 3.63) is 28.5 Å². The summed E-state index contributed by atoms with van der Waals surface area (Å²) in [5, 5.41) is 0.427. The van der Waals surface area contributed by atoms with Gasteiger partial charge in [0.25, 0.3) is 0 Å². The summed E-state index contributed by atoms with van der Waals surface area (Å²) in [4.78, 5) is 4.61. The van der Waals surface area contributed by atoms with Gasteiger partial charge in [0.1, 0.15) is 0 Å². The summed E-state index contributed by atoms with van der Waals surface area (Å²) in [6.07, 6.45) is 0. The summed E-state index contributed by atoms with van der Waals surface area (Å²) >= 11 is 5.76. The lowest BCUT2D eigenvalue weighted by molar-refractivity contribution is 0.0858. The Hall–Kier alpha value is -0.840. The molecule has 0 aliphatic carbocycles. The first-order chi connectivity index (χ1) is 6.69. The highest BCUT2D eigenvalue weighted by atomic mass is 35.5. The lowest BCUT2D eigenvalue weighted by Crippen LogP contribution is -2.12. The molecule has 1 aromatic rings. The van der Waals surface area contributed by atoms with Crippen LogP contribution in [0.1, 0.15) is 5.56 Å². The van der Waals surface area contributed by atoms with Crippen LogP contribution in [0.5, 0.6) is 5.75 Å². The minimum absolute atomic E-state index is 0.130. The van der Waals surface area contributed by atoms with Crippen LogP contribution in [0.4, 0.5) is 4.39 Å². The quantitative estimate of drug-likeness (QED) is 0.787. The number of hydrogen-bond donors (Lipinski definition) is 1. The zero-order valence-corrected chi connectivity index (χ0v) is 8.69. The Labute approximate surface area is 86.7 Å². The predicted octanol–water partition coefficient (Wildman–Crippen LogP) is 2.14. The van der Waals surface area contributed by atoms with E-state index in [-0.39, 0.29) is 12.3 Å². The normalized spacial score (nSPS) is 10.3. The highest BCUT2D eigenvalue weighted by molar-refractivity contribution is 6.30. The van der Waals surface area contributed by atoms with Crippen LogP contribution >= 0.6 is 11.6 Å². The molecule has 0 fully saturated rings. The van der Waals surface area contributed by atoms with Crippen LogP contribution in [-0.4, -0.2) is 14.2 Å². The highest BCUT2D eigenvalue weighted by Gasteiger charge is 2.10. The molecule has 0 radical (unpaired) electrons. The van der Waals surface area contributed by atoms with E-state index in [0.29, 0.717) is 10.6 Å². The van der Waals surface area contributed by atoms with Crippen LogP contribution in [0.15, 0.2) is 12.1 Å². The van der Waals surface area contributed by atoms with Gasteiger partial charge in [0.05, 0.1) is 14.2 Å². The number of hydroxylamine groups is 1. The largest absolute Gasteiger partial charge is 0.494 e. The number of benzene rings is 1. The van der Waals surface area contributed by atoms with Crippen molar-refractivity contribution in [3.63, 3.8) is 0 Å². The second-order valence-electron chi connectivity index (χ2n) is 2.61. The van der Waals surface area contributed by atoms with Crippen LogP contribution < -0.4 is 10.2 Å². The molecule has 1 aromatic carbocycles. The fraction of sp³-hybridized carbons (Fsp3) is 0.333. The van der Waals surface area contributed by atoms with Crippen molar-refractivity contribution in [2.75, 3.05) is 14.2 Å². The van der Waals surface area contributed by atoms with E-state index < -0.39 is 5.82 Å². The van der Waals surface area contributed by atoms with Crippen molar-refractivity contribution in [2.45, 2.75) is 6.54 Å². The number of nitrogens with one attached hydrogen (secondary N) is 1. The first kappa shape index (κ1) is 11.2. The van der Waals surface area contributed by atoms with E-state index in [1.807, 2.05) is 0 Å². The van der Waals surface area contributed by atoms with E-state index in [1.165, 1.54) is 26.4 Å². The number of halogens is 2. The number of rotatable bonds is 4. The summed E-state index contributed by atoms with van der Waals surface area (Å²) in [6.45, 7) is 0.235. The summed E-state index contributed by atoms with van der Waals surface area (Å²) in [6, 6.07) is 2.94. The predicted molar refractivity (Wildman–Crippen MR) is 51.8 cm³/mol. The Bertz CT molecular complexity index is 320. The fourth-order valence-electron chi connectivity index (χ4n) is 1.05. The molecule has 0 atom stereocenters. The monoisotopic (exact) mass is 219 g/mol. The Morgan fingerprint density at radius 2 is 2.14 bits per heavy atom. The highest BCUT2D eigenvalue weighted by Crippen LogP contribution is 2.25. The molecular formula is C9H11ClFNO2. The van der Waals surface area contributed by atoms with Crippen LogP contribution in [-0.2, 0) is 11.4 Å². The third kappa shape index (κ3) is 2.57. The number of ether oxygens (including phenoxy) is 1. The molecule has 0 saturated heterocycles. The second kappa shape index (κ2) is 5.14. The first-order valence-electron chi connectivity index (χ1n) is 3.96. The molecule has 0 aliphatic heterocycles. The smallest absolute Gasteiger partial charge is 0.169 e. The third-order valence-electron chi connectivity index (χ3n) is 1.71. The van der Waals surface area contributed by atoms with Gasteiger partial charge in [-0.3, -0.25) is 0 Å². The third-order valence-corrected chi connectivity index (χ3v) is 1.92. The number of hydrogen-bond acceptors (Lipinski definition) is 3. The first-order valence-corrected chi connectivity index (χ1v) is 4.34. The van der Waals surface area contributed by atoms with E-state index in [4.69, 9.17) is 16.3 Å². The lowest BCUT2D eigenvalue weighted by atomic mass is 10.2. The van der Waals surface area contributed by atoms with Gasteiger partial charge in [-0.25, -0.2) is 4.39 Å². The maximum Gasteiger partial charge on any atom is 0.169 e. The van der Waals surface area contributed by atoms with Gasteiger partial charge in [0.2, 0.25) is 0 Å². The van der Waals surface area contributed by atoms with E-state index in [9.17, 15) is 4.39 Å². The topological polar surface area (TPSA) is 30.5 Å². The standard InChI is InChI=1S/C9H11ClFNO2/c1-13-8-4-7(10)3-6(9(8)11)5-12-14-2/h3-4,12H,5H2,1-2H3. The van der Waals surface area contributed by atoms with Crippen molar-refractivity contribution in [3.8, 4) is 5.75 Å².